The predicted molar refractivity (Wildman–Crippen MR) is 79.4 cm³/mol. The van der Waals surface area contributed by atoms with Crippen LogP contribution in [-0.4, -0.2) is 31.2 Å². The topological polar surface area (TPSA) is 80.5 Å². The molecule has 1 aliphatic heterocycles. The van der Waals surface area contributed by atoms with E-state index < -0.39 is 32.6 Å². The first-order valence-corrected chi connectivity index (χ1v) is 8.73. The van der Waals surface area contributed by atoms with Crippen LogP contribution in [0.15, 0.2) is 27.6 Å². The number of carbonyl (C=O) groups is 1. The number of benzene rings is 1. The first-order chi connectivity index (χ1) is 9.73. The normalized spacial score (nSPS) is 24.0. The number of nitrogens with zero attached hydrogens (tertiary/aromatic N) is 1. The maximum Gasteiger partial charge on any atom is 0.246 e. The number of piperidine rings is 1. The molecule has 0 aliphatic carbocycles. The van der Waals surface area contributed by atoms with Crippen molar-refractivity contribution in [1.82, 2.24) is 4.31 Å². The van der Waals surface area contributed by atoms with E-state index in [-0.39, 0.29) is 12.6 Å². The largest absolute Gasteiger partial charge is 0.369 e. The molecule has 0 saturated carbocycles. The fraction of sp³-hybridized carbons (Fsp3) is 0.462. The smallest absolute Gasteiger partial charge is 0.246 e. The second kappa shape index (κ2) is 6.02. The Kier molecular flexibility index (Phi) is 4.69. The average Bonchev–Trinajstić information content (AvgIpc) is 2.41. The van der Waals surface area contributed by atoms with E-state index in [0.29, 0.717) is 17.3 Å². The second-order valence-electron chi connectivity index (χ2n) is 5.18. The van der Waals surface area contributed by atoms with Crippen LogP contribution in [0.3, 0.4) is 0 Å². The lowest BCUT2D eigenvalue weighted by Crippen LogP contribution is -2.48. The summed E-state index contributed by atoms with van der Waals surface area (Å²) in [5, 5.41) is 0. The third-order valence-electron chi connectivity index (χ3n) is 3.71. The average molecular weight is 379 g/mol. The highest BCUT2D eigenvalue weighted by Gasteiger charge is 2.37. The van der Waals surface area contributed by atoms with Crippen molar-refractivity contribution in [2.45, 2.75) is 30.7 Å². The minimum atomic E-state index is -4.01. The van der Waals surface area contributed by atoms with Crippen molar-refractivity contribution >= 4 is 31.9 Å². The summed E-state index contributed by atoms with van der Waals surface area (Å²) in [5.41, 5.74) is 5.27. The Hall–Kier alpha value is -0.990. The van der Waals surface area contributed by atoms with Crippen molar-refractivity contribution in [3.05, 3.63) is 28.5 Å². The number of hydrogen-bond donors (Lipinski definition) is 1. The minimum Gasteiger partial charge on any atom is -0.369 e. The zero-order valence-electron chi connectivity index (χ0n) is 11.4. The summed E-state index contributed by atoms with van der Waals surface area (Å²) in [6.45, 7) is 1.73. The van der Waals surface area contributed by atoms with E-state index in [4.69, 9.17) is 5.73 Å². The number of rotatable bonds is 3. The van der Waals surface area contributed by atoms with Crippen LogP contribution in [0.1, 0.15) is 19.8 Å². The van der Waals surface area contributed by atoms with E-state index in [9.17, 15) is 17.6 Å². The quantitative estimate of drug-likeness (QED) is 0.871. The molecule has 5 nitrogen and oxygen atoms in total. The molecule has 1 fully saturated rings. The molecule has 0 bridgehead atoms. The predicted octanol–water partition coefficient (Wildman–Crippen LogP) is 1.86. The van der Waals surface area contributed by atoms with Gasteiger partial charge in [0, 0.05) is 17.1 Å². The molecule has 1 aliphatic rings. The molecule has 0 radical (unpaired) electrons. The van der Waals surface area contributed by atoms with Crippen LogP contribution in [0.25, 0.3) is 0 Å². The molecule has 0 spiro atoms. The number of hydrogen-bond acceptors (Lipinski definition) is 3. The Morgan fingerprint density at radius 1 is 1.43 bits per heavy atom. The van der Waals surface area contributed by atoms with Crippen LogP contribution in [0.4, 0.5) is 4.39 Å². The molecule has 21 heavy (non-hydrogen) atoms. The highest BCUT2D eigenvalue weighted by atomic mass is 79.9. The van der Waals surface area contributed by atoms with Gasteiger partial charge in [0.05, 0.1) is 5.92 Å². The molecule has 1 heterocycles. The lowest BCUT2D eigenvalue weighted by Gasteiger charge is -2.35. The van der Waals surface area contributed by atoms with E-state index in [1.165, 1.54) is 12.1 Å². The summed E-state index contributed by atoms with van der Waals surface area (Å²) >= 11 is 3.14. The summed E-state index contributed by atoms with van der Waals surface area (Å²) in [7, 11) is -4.01. The second-order valence-corrected chi connectivity index (χ2v) is 7.95. The Bertz CT molecular complexity index is 665. The van der Waals surface area contributed by atoms with Gasteiger partial charge in [-0.05, 0) is 38.0 Å². The lowest BCUT2D eigenvalue weighted by atomic mass is 9.95. The van der Waals surface area contributed by atoms with E-state index in [1.807, 2.05) is 0 Å². The number of carbonyl (C=O) groups excluding carboxylic acids is 1. The van der Waals surface area contributed by atoms with Gasteiger partial charge in [0.2, 0.25) is 15.9 Å². The lowest BCUT2D eigenvalue weighted by molar-refractivity contribution is -0.123. The molecule has 1 aromatic rings. The maximum atomic E-state index is 13.9. The summed E-state index contributed by atoms with van der Waals surface area (Å²) in [6, 6.07) is 3.45. The Morgan fingerprint density at radius 3 is 2.71 bits per heavy atom. The third kappa shape index (κ3) is 3.27. The molecule has 2 atom stereocenters. The monoisotopic (exact) mass is 378 g/mol. The highest BCUT2D eigenvalue weighted by Crippen LogP contribution is 2.30. The van der Waals surface area contributed by atoms with Crippen molar-refractivity contribution in [3.8, 4) is 0 Å². The molecule has 2 rings (SSSR count). The van der Waals surface area contributed by atoms with Crippen LogP contribution in [0, 0.1) is 11.7 Å². The molecule has 1 saturated heterocycles. The van der Waals surface area contributed by atoms with Gasteiger partial charge in [-0.15, -0.1) is 0 Å². The minimum absolute atomic E-state index is 0.00914. The zero-order chi connectivity index (χ0) is 15.8. The number of sulfonamides is 1. The summed E-state index contributed by atoms with van der Waals surface area (Å²) in [5.74, 6) is -1.88. The maximum absolute atomic E-state index is 13.9. The van der Waals surface area contributed by atoms with Crippen LogP contribution in [0.2, 0.25) is 0 Å². The molecule has 1 amide bonds. The molecular formula is C13H16BrFN2O3S. The van der Waals surface area contributed by atoms with Crippen LogP contribution in [-0.2, 0) is 14.8 Å². The van der Waals surface area contributed by atoms with Crippen molar-refractivity contribution in [1.29, 1.82) is 0 Å². The Morgan fingerprint density at radius 2 is 2.10 bits per heavy atom. The van der Waals surface area contributed by atoms with Gasteiger partial charge in [0.1, 0.15) is 10.7 Å². The van der Waals surface area contributed by atoms with Crippen molar-refractivity contribution in [3.63, 3.8) is 0 Å². The standard InChI is InChI=1S/C13H16BrFN2O3S/c1-8-2-3-9(13(16)18)7-17(8)21(19,20)12-6-10(14)4-5-11(12)15/h4-6,8-9H,2-3,7H2,1H3,(H2,16,18). The van der Waals surface area contributed by atoms with Crippen molar-refractivity contribution < 1.29 is 17.6 Å². The third-order valence-corrected chi connectivity index (χ3v) is 6.20. The van der Waals surface area contributed by atoms with Gasteiger partial charge < -0.3 is 5.73 Å². The zero-order valence-corrected chi connectivity index (χ0v) is 13.8. The fourth-order valence-electron chi connectivity index (χ4n) is 2.44. The van der Waals surface area contributed by atoms with Crippen LogP contribution >= 0.6 is 15.9 Å². The highest BCUT2D eigenvalue weighted by molar-refractivity contribution is 9.10. The van der Waals surface area contributed by atoms with E-state index in [0.717, 1.165) is 10.4 Å². The van der Waals surface area contributed by atoms with E-state index >= 15 is 0 Å². The van der Waals surface area contributed by atoms with E-state index in [2.05, 4.69) is 15.9 Å². The van der Waals surface area contributed by atoms with Crippen molar-refractivity contribution in [2.75, 3.05) is 6.54 Å². The SMILES string of the molecule is CC1CCC(C(N)=O)CN1S(=O)(=O)c1cc(Br)ccc1F. The molecule has 2 N–H and O–H groups in total. The fourth-order valence-corrected chi connectivity index (χ4v) is 4.75. The van der Waals surface area contributed by atoms with Gasteiger partial charge in [-0.3, -0.25) is 4.79 Å². The Balaban J connectivity index is 2.42. The van der Waals surface area contributed by atoms with Crippen LogP contribution < -0.4 is 5.73 Å². The summed E-state index contributed by atoms with van der Waals surface area (Å²) in [6.07, 6.45) is 1.06. The summed E-state index contributed by atoms with van der Waals surface area (Å²) in [4.78, 5) is 10.9. The molecule has 2 unspecified atom stereocenters. The molecule has 8 heteroatoms. The number of primary amides is 1. The van der Waals surface area contributed by atoms with Gasteiger partial charge in [0.15, 0.2) is 0 Å². The summed E-state index contributed by atoms with van der Waals surface area (Å²) < 4.78 is 40.8. The van der Waals surface area contributed by atoms with Crippen LogP contribution in [0.5, 0.6) is 0 Å². The first-order valence-electron chi connectivity index (χ1n) is 6.49. The van der Waals surface area contributed by atoms with Crippen molar-refractivity contribution in [2.24, 2.45) is 11.7 Å². The van der Waals surface area contributed by atoms with Gasteiger partial charge in [-0.25, -0.2) is 12.8 Å². The molecule has 116 valence electrons. The number of nitrogens with two attached hydrogens (primary N) is 1. The molecular weight excluding hydrogens is 363 g/mol. The Labute approximate surface area is 131 Å². The van der Waals surface area contributed by atoms with E-state index in [1.54, 1.807) is 6.92 Å². The first kappa shape index (κ1) is 16.4. The molecule has 0 aromatic heterocycles. The van der Waals surface area contributed by atoms with Gasteiger partial charge in [-0.1, -0.05) is 15.9 Å². The van der Waals surface area contributed by atoms with Gasteiger partial charge in [0.25, 0.3) is 0 Å². The van der Waals surface area contributed by atoms with Gasteiger partial charge >= 0.3 is 0 Å². The van der Waals surface area contributed by atoms with Gasteiger partial charge in [-0.2, -0.15) is 4.31 Å². The molecule has 1 aromatic carbocycles. The number of halogens is 2. The number of amides is 1.